The summed E-state index contributed by atoms with van der Waals surface area (Å²) < 4.78 is 8.87. The van der Waals surface area contributed by atoms with Crippen LogP contribution in [0.15, 0.2) is 33.3 Å². The molecule has 0 radical (unpaired) electrons. The van der Waals surface area contributed by atoms with Crippen molar-refractivity contribution < 1.29 is 4.74 Å². The maximum Gasteiger partial charge on any atom is 0.194 e. The summed E-state index contributed by atoms with van der Waals surface area (Å²) in [6.45, 7) is 5.95. The Balaban J connectivity index is 0.00000225. The Kier molecular flexibility index (Phi) is 8.17. The molecule has 6 nitrogen and oxygen atoms in total. The minimum Gasteiger partial charge on any atom is -0.370 e. The first-order valence-corrected chi connectivity index (χ1v) is 9.64. The highest BCUT2D eigenvalue weighted by Crippen LogP contribution is 2.24. The standard InChI is InChI=1S/C16H22BrN5OS.HI/c1-3-18-16(19-9-13-4-5-15(17)24-13)22-6-7-23-14(11-22)12-8-20-21(2)10-12;/h4-5,8,10,14H,3,6-7,9,11H2,1-2H3,(H,18,19);1H. The van der Waals surface area contributed by atoms with Gasteiger partial charge in [-0.3, -0.25) is 4.68 Å². The quantitative estimate of drug-likeness (QED) is 0.367. The summed E-state index contributed by atoms with van der Waals surface area (Å²) >= 11 is 5.22. The number of aliphatic imine (C=N–C) groups is 1. The molecule has 1 fully saturated rings. The second-order valence-corrected chi connectivity index (χ2v) is 8.18. The Morgan fingerprint density at radius 3 is 3.00 bits per heavy atom. The summed E-state index contributed by atoms with van der Waals surface area (Å²) in [6.07, 6.45) is 3.93. The Labute approximate surface area is 177 Å². The number of aromatic nitrogens is 2. The van der Waals surface area contributed by atoms with Gasteiger partial charge in [-0.2, -0.15) is 5.10 Å². The number of thiophene rings is 1. The maximum absolute atomic E-state index is 5.92. The molecule has 1 atom stereocenters. The molecule has 9 heteroatoms. The number of rotatable bonds is 4. The second kappa shape index (κ2) is 9.89. The molecule has 3 rings (SSSR count). The molecule has 0 saturated carbocycles. The number of hydrogen-bond donors (Lipinski definition) is 1. The van der Waals surface area contributed by atoms with E-state index in [9.17, 15) is 0 Å². The highest BCUT2D eigenvalue weighted by Gasteiger charge is 2.25. The number of morpholine rings is 1. The van der Waals surface area contributed by atoms with Gasteiger partial charge in [0, 0.05) is 36.8 Å². The Bertz CT molecular complexity index is 704. The van der Waals surface area contributed by atoms with E-state index in [-0.39, 0.29) is 30.1 Å². The maximum atomic E-state index is 5.92. The monoisotopic (exact) mass is 539 g/mol. The number of halogens is 2. The molecule has 3 heterocycles. The van der Waals surface area contributed by atoms with Crippen molar-refractivity contribution in [2.75, 3.05) is 26.2 Å². The van der Waals surface area contributed by atoms with Crippen molar-refractivity contribution in [3.63, 3.8) is 0 Å². The van der Waals surface area contributed by atoms with E-state index in [0.717, 1.165) is 34.9 Å². The smallest absolute Gasteiger partial charge is 0.194 e. The first kappa shape index (κ1) is 20.7. The van der Waals surface area contributed by atoms with Crippen LogP contribution in [0.4, 0.5) is 0 Å². The molecule has 0 spiro atoms. The molecule has 0 aliphatic carbocycles. The SMILES string of the molecule is CCNC(=NCc1ccc(Br)s1)N1CCOC(c2cnn(C)c2)C1.I. The lowest BCUT2D eigenvalue weighted by atomic mass is 10.1. The van der Waals surface area contributed by atoms with Gasteiger partial charge in [-0.1, -0.05) is 0 Å². The van der Waals surface area contributed by atoms with Crippen LogP contribution in [-0.2, 0) is 18.3 Å². The summed E-state index contributed by atoms with van der Waals surface area (Å²) in [4.78, 5) is 8.31. The molecule has 1 unspecified atom stereocenters. The molecular weight excluding hydrogens is 517 g/mol. The predicted octanol–water partition coefficient (Wildman–Crippen LogP) is 3.40. The molecule has 0 bridgehead atoms. The molecule has 2 aromatic rings. The number of ether oxygens (including phenoxy) is 1. The summed E-state index contributed by atoms with van der Waals surface area (Å²) in [5.74, 6) is 0.944. The van der Waals surface area contributed by atoms with Crippen molar-refractivity contribution in [2.45, 2.75) is 19.6 Å². The van der Waals surface area contributed by atoms with Crippen molar-refractivity contribution in [3.05, 3.63) is 38.8 Å². The van der Waals surface area contributed by atoms with Crippen LogP contribution in [0.1, 0.15) is 23.5 Å². The van der Waals surface area contributed by atoms with E-state index in [1.807, 2.05) is 24.1 Å². The van der Waals surface area contributed by atoms with E-state index < -0.39 is 0 Å². The van der Waals surface area contributed by atoms with Crippen LogP contribution in [0.5, 0.6) is 0 Å². The highest BCUT2D eigenvalue weighted by molar-refractivity contribution is 14.0. The van der Waals surface area contributed by atoms with Crippen LogP contribution in [0.25, 0.3) is 0 Å². The van der Waals surface area contributed by atoms with Crippen LogP contribution in [0, 0.1) is 0 Å². The van der Waals surface area contributed by atoms with E-state index in [2.05, 4.69) is 50.3 Å². The molecule has 1 N–H and O–H groups in total. The van der Waals surface area contributed by atoms with Gasteiger partial charge >= 0.3 is 0 Å². The Morgan fingerprint density at radius 2 is 2.36 bits per heavy atom. The Hall–Kier alpha value is -0.650. The number of aryl methyl sites for hydroxylation is 1. The second-order valence-electron chi connectivity index (χ2n) is 5.63. The molecule has 0 aromatic carbocycles. The topological polar surface area (TPSA) is 54.7 Å². The molecular formula is C16H23BrIN5OS. The van der Waals surface area contributed by atoms with Gasteiger partial charge in [0.25, 0.3) is 0 Å². The summed E-state index contributed by atoms with van der Waals surface area (Å²) in [5.41, 5.74) is 1.11. The zero-order chi connectivity index (χ0) is 16.9. The molecule has 0 amide bonds. The molecule has 138 valence electrons. The summed E-state index contributed by atoms with van der Waals surface area (Å²) in [6, 6.07) is 4.18. The number of nitrogens with zero attached hydrogens (tertiary/aromatic N) is 4. The van der Waals surface area contributed by atoms with Gasteiger partial charge in [-0.25, -0.2) is 4.99 Å². The fourth-order valence-electron chi connectivity index (χ4n) is 2.67. The third-order valence-corrected chi connectivity index (χ3v) is 5.42. The zero-order valence-electron chi connectivity index (χ0n) is 14.3. The molecule has 1 saturated heterocycles. The van der Waals surface area contributed by atoms with E-state index >= 15 is 0 Å². The van der Waals surface area contributed by atoms with Gasteiger partial charge in [0.05, 0.1) is 29.7 Å². The van der Waals surface area contributed by atoms with Crippen LogP contribution in [-0.4, -0.2) is 46.9 Å². The van der Waals surface area contributed by atoms with E-state index in [4.69, 9.17) is 9.73 Å². The lowest BCUT2D eigenvalue weighted by molar-refractivity contribution is -0.00805. The van der Waals surface area contributed by atoms with E-state index in [1.165, 1.54) is 4.88 Å². The van der Waals surface area contributed by atoms with Crippen LogP contribution < -0.4 is 5.32 Å². The third-order valence-electron chi connectivity index (χ3n) is 3.81. The van der Waals surface area contributed by atoms with Crippen LogP contribution in [0.3, 0.4) is 0 Å². The predicted molar refractivity (Wildman–Crippen MR) is 116 cm³/mol. The van der Waals surface area contributed by atoms with E-state index in [1.54, 1.807) is 11.3 Å². The Morgan fingerprint density at radius 1 is 1.52 bits per heavy atom. The van der Waals surface area contributed by atoms with Crippen LogP contribution >= 0.6 is 51.2 Å². The fraction of sp³-hybridized carbons (Fsp3) is 0.500. The average molecular weight is 540 g/mol. The first-order chi connectivity index (χ1) is 11.7. The van der Waals surface area contributed by atoms with Gasteiger partial charge in [0.15, 0.2) is 5.96 Å². The van der Waals surface area contributed by atoms with Crippen molar-refractivity contribution in [1.82, 2.24) is 20.0 Å². The number of hydrogen-bond acceptors (Lipinski definition) is 4. The van der Waals surface area contributed by atoms with Gasteiger partial charge in [-0.05, 0) is 35.0 Å². The largest absolute Gasteiger partial charge is 0.370 e. The average Bonchev–Trinajstić information content (AvgIpc) is 3.20. The number of guanidine groups is 1. The van der Waals surface area contributed by atoms with Gasteiger partial charge in [-0.15, -0.1) is 35.3 Å². The zero-order valence-corrected chi connectivity index (χ0v) is 19.0. The van der Waals surface area contributed by atoms with Gasteiger partial charge in [0.1, 0.15) is 6.10 Å². The molecule has 1 aliphatic rings. The first-order valence-electron chi connectivity index (χ1n) is 8.03. The van der Waals surface area contributed by atoms with Crippen LogP contribution in [0.2, 0.25) is 0 Å². The van der Waals surface area contributed by atoms with Crippen molar-refractivity contribution in [1.29, 1.82) is 0 Å². The molecule has 25 heavy (non-hydrogen) atoms. The molecule has 1 aliphatic heterocycles. The fourth-order valence-corrected chi connectivity index (χ4v) is 4.07. The lowest BCUT2D eigenvalue weighted by Crippen LogP contribution is -2.48. The normalized spacial score (nSPS) is 18.1. The van der Waals surface area contributed by atoms with Gasteiger partial charge in [0.2, 0.25) is 0 Å². The van der Waals surface area contributed by atoms with Gasteiger partial charge < -0.3 is 15.0 Å². The minimum atomic E-state index is 0. The number of nitrogens with one attached hydrogen (secondary N) is 1. The van der Waals surface area contributed by atoms with E-state index in [0.29, 0.717) is 13.2 Å². The van der Waals surface area contributed by atoms with Crippen molar-refractivity contribution in [2.24, 2.45) is 12.0 Å². The third kappa shape index (κ3) is 5.66. The summed E-state index contributed by atoms with van der Waals surface area (Å²) in [5, 5.41) is 7.64. The minimum absolute atomic E-state index is 0. The molecule has 2 aromatic heterocycles. The highest BCUT2D eigenvalue weighted by atomic mass is 127. The van der Waals surface area contributed by atoms with Crippen molar-refractivity contribution in [3.8, 4) is 0 Å². The lowest BCUT2D eigenvalue weighted by Gasteiger charge is -2.34. The summed E-state index contributed by atoms with van der Waals surface area (Å²) in [7, 11) is 1.93. The van der Waals surface area contributed by atoms with Crippen molar-refractivity contribution >= 4 is 57.2 Å².